The Bertz CT molecular complexity index is 1210. The van der Waals surface area contributed by atoms with Crippen molar-refractivity contribution in [2.45, 2.75) is 39.5 Å². The molecule has 0 saturated carbocycles. The first kappa shape index (κ1) is 21.6. The van der Waals surface area contributed by atoms with Crippen LogP contribution in [0.4, 0.5) is 5.69 Å². The van der Waals surface area contributed by atoms with Crippen molar-refractivity contribution in [1.82, 2.24) is 4.98 Å². The number of anilines is 1. The van der Waals surface area contributed by atoms with Crippen molar-refractivity contribution in [2.24, 2.45) is 0 Å². The van der Waals surface area contributed by atoms with Crippen LogP contribution in [-0.4, -0.2) is 17.5 Å². The first-order chi connectivity index (χ1) is 15.6. The maximum Gasteiger partial charge on any atom is 0.255 e. The SMILES string of the molecule is CCCOc1cccc(C(=O)Nc2ccc(-c3nc4cc(C(C)CC)ccc4o3)cc2)c1. The number of oxazole rings is 1. The summed E-state index contributed by atoms with van der Waals surface area (Å²) < 4.78 is 11.6. The lowest BCUT2D eigenvalue weighted by Gasteiger charge is -2.08. The smallest absolute Gasteiger partial charge is 0.255 e. The van der Waals surface area contributed by atoms with E-state index in [-0.39, 0.29) is 5.91 Å². The molecule has 1 heterocycles. The Morgan fingerprint density at radius 3 is 2.62 bits per heavy atom. The van der Waals surface area contributed by atoms with Gasteiger partial charge in [0.1, 0.15) is 11.3 Å². The highest BCUT2D eigenvalue weighted by atomic mass is 16.5. The predicted molar refractivity (Wildman–Crippen MR) is 128 cm³/mol. The number of amides is 1. The van der Waals surface area contributed by atoms with E-state index in [9.17, 15) is 4.79 Å². The number of nitrogens with one attached hydrogen (secondary N) is 1. The van der Waals surface area contributed by atoms with Crippen molar-refractivity contribution < 1.29 is 13.9 Å². The first-order valence-electron chi connectivity index (χ1n) is 11.1. The maximum atomic E-state index is 12.6. The third kappa shape index (κ3) is 4.83. The van der Waals surface area contributed by atoms with Gasteiger partial charge in [-0.25, -0.2) is 4.98 Å². The van der Waals surface area contributed by atoms with Crippen LogP contribution in [0.25, 0.3) is 22.6 Å². The summed E-state index contributed by atoms with van der Waals surface area (Å²) in [6.45, 7) is 7.07. The molecule has 0 fully saturated rings. The van der Waals surface area contributed by atoms with Crippen LogP contribution in [0.5, 0.6) is 5.75 Å². The molecule has 0 aliphatic carbocycles. The fourth-order valence-corrected chi connectivity index (χ4v) is 3.46. The quantitative estimate of drug-likeness (QED) is 0.327. The lowest BCUT2D eigenvalue weighted by molar-refractivity contribution is 0.102. The molecular formula is C27H28N2O3. The lowest BCUT2D eigenvalue weighted by atomic mass is 9.98. The highest BCUT2D eigenvalue weighted by molar-refractivity contribution is 6.04. The van der Waals surface area contributed by atoms with Crippen molar-refractivity contribution >= 4 is 22.7 Å². The number of carbonyl (C=O) groups is 1. The Kier molecular flexibility index (Phi) is 6.55. The van der Waals surface area contributed by atoms with E-state index in [4.69, 9.17) is 9.15 Å². The zero-order valence-electron chi connectivity index (χ0n) is 18.7. The lowest BCUT2D eigenvalue weighted by Crippen LogP contribution is -2.12. The van der Waals surface area contributed by atoms with Crippen LogP contribution < -0.4 is 10.1 Å². The average molecular weight is 429 g/mol. The topological polar surface area (TPSA) is 64.4 Å². The molecule has 4 aromatic rings. The van der Waals surface area contributed by atoms with Crippen LogP contribution in [0, 0.1) is 0 Å². The number of hydrogen-bond acceptors (Lipinski definition) is 4. The van der Waals surface area contributed by atoms with Crippen molar-refractivity contribution in [1.29, 1.82) is 0 Å². The summed E-state index contributed by atoms with van der Waals surface area (Å²) in [5.41, 5.74) is 5.02. The Morgan fingerprint density at radius 1 is 1.06 bits per heavy atom. The number of ether oxygens (including phenoxy) is 1. The average Bonchev–Trinajstić information content (AvgIpc) is 3.26. The molecule has 0 bridgehead atoms. The van der Waals surface area contributed by atoms with E-state index in [1.165, 1.54) is 5.56 Å². The van der Waals surface area contributed by atoms with E-state index in [2.05, 4.69) is 36.3 Å². The molecule has 1 aromatic heterocycles. The normalized spacial score (nSPS) is 12.0. The van der Waals surface area contributed by atoms with Crippen molar-refractivity contribution in [3.05, 3.63) is 77.9 Å². The molecular weight excluding hydrogens is 400 g/mol. The number of rotatable bonds is 8. The van der Waals surface area contributed by atoms with Crippen LogP contribution >= 0.6 is 0 Å². The van der Waals surface area contributed by atoms with Gasteiger partial charge in [-0.1, -0.05) is 32.9 Å². The second-order valence-electron chi connectivity index (χ2n) is 7.96. The van der Waals surface area contributed by atoms with E-state index in [0.717, 1.165) is 29.5 Å². The van der Waals surface area contributed by atoms with Gasteiger partial charge in [0.2, 0.25) is 5.89 Å². The van der Waals surface area contributed by atoms with Crippen LogP contribution in [-0.2, 0) is 0 Å². The zero-order valence-corrected chi connectivity index (χ0v) is 18.7. The standard InChI is InChI=1S/C27H28N2O3/c1-4-15-31-23-8-6-7-21(16-23)26(30)28-22-12-9-19(10-13-22)27-29-24-17-20(18(3)5-2)11-14-25(24)32-27/h6-14,16-18H,4-5,15H2,1-3H3,(H,28,30). The summed E-state index contributed by atoms with van der Waals surface area (Å²) in [4.78, 5) is 17.3. The van der Waals surface area contributed by atoms with Gasteiger partial charge in [-0.3, -0.25) is 4.79 Å². The summed E-state index contributed by atoms with van der Waals surface area (Å²) >= 11 is 0. The van der Waals surface area contributed by atoms with Gasteiger partial charge in [0.25, 0.3) is 5.91 Å². The van der Waals surface area contributed by atoms with E-state index in [1.54, 1.807) is 12.1 Å². The molecule has 32 heavy (non-hydrogen) atoms. The largest absolute Gasteiger partial charge is 0.494 e. The fourth-order valence-electron chi connectivity index (χ4n) is 3.46. The molecule has 5 heteroatoms. The van der Waals surface area contributed by atoms with Crippen LogP contribution in [0.3, 0.4) is 0 Å². The number of nitrogens with zero attached hydrogens (tertiary/aromatic N) is 1. The first-order valence-corrected chi connectivity index (χ1v) is 11.1. The maximum absolute atomic E-state index is 12.6. The number of hydrogen-bond donors (Lipinski definition) is 1. The van der Waals surface area contributed by atoms with Gasteiger partial charge in [-0.05, 0) is 78.9 Å². The van der Waals surface area contributed by atoms with Gasteiger partial charge in [-0.2, -0.15) is 0 Å². The van der Waals surface area contributed by atoms with Gasteiger partial charge >= 0.3 is 0 Å². The van der Waals surface area contributed by atoms with E-state index in [1.807, 2.05) is 49.4 Å². The van der Waals surface area contributed by atoms with Gasteiger partial charge in [0.15, 0.2) is 5.58 Å². The third-order valence-electron chi connectivity index (χ3n) is 5.55. The molecule has 0 aliphatic rings. The molecule has 164 valence electrons. The minimum absolute atomic E-state index is 0.181. The van der Waals surface area contributed by atoms with E-state index >= 15 is 0 Å². The number of aromatic nitrogens is 1. The summed E-state index contributed by atoms with van der Waals surface area (Å²) in [5, 5.41) is 2.93. The van der Waals surface area contributed by atoms with Crippen molar-refractivity contribution in [3.8, 4) is 17.2 Å². The van der Waals surface area contributed by atoms with Crippen LogP contribution in [0.15, 0.2) is 71.1 Å². The summed E-state index contributed by atoms with van der Waals surface area (Å²) in [5.74, 6) is 1.57. The Balaban J connectivity index is 1.48. The Labute approximate surface area is 188 Å². The van der Waals surface area contributed by atoms with Crippen LogP contribution in [0.1, 0.15) is 55.5 Å². The molecule has 4 rings (SSSR count). The van der Waals surface area contributed by atoms with Crippen molar-refractivity contribution in [2.75, 3.05) is 11.9 Å². The summed E-state index contributed by atoms with van der Waals surface area (Å²) in [6, 6.07) is 20.9. The monoisotopic (exact) mass is 428 g/mol. The molecule has 0 aliphatic heterocycles. The minimum atomic E-state index is -0.181. The molecule has 3 aromatic carbocycles. The van der Waals surface area contributed by atoms with Gasteiger partial charge < -0.3 is 14.5 Å². The number of carbonyl (C=O) groups excluding carboxylic acids is 1. The second-order valence-corrected chi connectivity index (χ2v) is 7.96. The van der Waals surface area contributed by atoms with Crippen molar-refractivity contribution in [3.63, 3.8) is 0 Å². The van der Waals surface area contributed by atoms with E-state index in [0.29, 0.717) is 35.4 Å². The molecule has 0 saturated heterocycles. The third-order valence-corrected chi connectivity index (χ3v) is 5.55. The molecule has 1 unspecified atom stereocenters. The Morgan fingerprint density at radius 2 is 1.88 bits per heavy atom. The van der Waals surface area contributed by atoms with Gasteiger partial charge in [-0.15, -0.1) is 0 Å². The second kappa shape index (κ2) is 9.69. The molecule has 1 atom stereocenters. The highest BCUT2D eigenvalue weighted by Gasteiger charge is 2.12. The molecule has 5 nitrogen and oxygen atoms in total. The summed E-state index contributed by atoms with van der Waals surface area (Å²) in [7, 11) is 0. The zero-order chi connectivity index (χ0) is 22.5. The van der Waals surface area contributed by atoms with Crippen LogP contribution in [0.2, 0.25) is 0 Å². The van der Waals surface area contributed by atoms with Gasteiger partial charge in [0.05, 0.1) is 6.61 Å². The Hall–Kier alpha value is -3.60. The number of benzene rings is 3. The molecule has 1 amide bonds. The number of fused-ring (bicyclic) bond motifs is 1. The summed E-state index contributed by atoms with van der Waals surface area (Å²) in [6.07, 6.45) is 2.00. The molecule has 1 N–H and O–H groups in total. The highest BCUT2D eigenvalue weighted by Crippen LogP contribution is 2.28. The fraction of sp³-hybridized carbons (Fsp3) is 0.259. The van der Waals surface area contributed by atoms with Gasteiger partial charge in [0, 0.05) is 16.8 Å². The predicted octanol–water partition coefficient (Wildman–Crippen LogP) is 7.05. The minimum Gasteiger partial charge on any atom is -0.494 e. The molecule has 0 spiro atoms. The molecule has 0 radical (unpaired) electrons. The van der Waals surface area contributed by atoms with E-state index < -0.39 is 0 Å².